The molecule has 5 nitrogen and oxygen atoms in total. The molecule has 0 atom stereocenters. The first-order valence-electron chi connectivity index (χ1n) is 5.32. The fraction of sp³-hybridized carbons (Fsp3) is 0.364. The Hall–Kier alpha value is -1.91. The Balaban J connectivity index is 2.16. The number of hydrogen-bond acceptors (Lipinski definition) is 3. The van der Waals surface area contributed by atoms with Crippen LogP contribution in [0.15, 0.2) is 35.6 Å². The van der Waals surface area contributed by atoms with E-state index in [0.717, 1.165) is 18.8 Å². The van der Waals surface area contributed by atoms with E-state index in [0.29, 0.717) is 6.54 Å². The van der Waals surface area contributed by atoms with E-state index >= 15 is 0 Å². The van der Waals surface area contributed by atoms with Crippen LogP contribution in [-0.2, 0) is 13.1 Å². The van der Waals surface area contributed by atoms with Crippen LogP contribution >= 0.6 is 0 Å². The lowest BCUT2D eigenvalue weighted by Gasteiger charge is -2.06. The zero-order valence-electron chi connectivity index (χ0n) is 9.21. The lowest BCUT2D eigenvalue weighted by Crippen LogP contribution is -2.11. The molecule has 2 rings (SSSR count). The molecule has 0 radical (unpaired) electrons. The minimum absolute atomic E-state index is 0.0197. The number of nitrogens with zero attached hydrogens (tertiary/aromatic N) is 4. The molecule has 0 N–H and O–H groups in total. The predicted molar refractivity (Wildman–Crippen MR) is 60.1 cm³/mol. The van der Waals surface area contributed by atoms with E-state index in [1.807, 2.05) is 9.25 Å². The van der Waals surface area contributed by atoms with Gasteiger partial charge in [0.1, 0.15) is 12.2 Å². The molecule has 0 spiro atoms. The van der Waals surface area contributed by atoms with E-state index in [1.165, 1.54) is 0 Å². The standard InChI is InChI=1S/C11H14N4O/c1-2-5-15-11(12-9-13-15)8-14-6-3-10(16)4-7-14/h3-4,6-7,9H,2,5,8H2,1H3. The fourth-order valence-corrected chi connectivity index (χ4v) is 1.52. The number of pyridine rings is 1. The van der Waals surface area contributed by atoms with Crippen molar-refractivity contribution < 1.29 is 0 Å². The zero-order chi connectivity index (χ0) is 11.4. The molecule has 2 heterocycles. The first-order chi connectivity index (χ1) is 7.79. The molecule has 0 saturated heterocycles. The van der Waals surface area contributed by atoms with Crippen LogP contribution in [0.1, 0.15) is 19.2 Å². The van der Waals surface area contributed by atoms with E-state index in [2.05, 4.69) is 17.0 Å². The molecule has 0 amide bonds. The summed E-state index contributed by atoms with van der Waals surface area (Å²) in [5.41, 5.74) is 0.0197. The molecule has 5 heteroatoms. The second-order valence-electron chi connectivity index (χ2n) is 3.61. The van der Waals surface area contributed by atoms with Crippen LogP contribution in [0.4, 0.5) is 0 Å². The number of aromatic nitrogens is 4. The van der Waals surface area contributed by atoms with Gasteiger partial charge in [0.15, 0.2) is 5.43 Å². The summed E-state index contributed by atoms with van der Waals surface area (Å²) in [6.07, 6.45) is 6.11. The molecule has 16 heavy (non-hydrogen) atoms. The van der Waals surface area contributed by atoms with Gasteiger partial charge in [0, 0.05) is 31.1 Å². The fourth-order valence-electron chi connectivity index (χ4n) is 1.52. The van der Waals surface area contributed by atoms with Gasteiger partial charge in [-0.2, -0.15) is 5.10 Å². The topological polar surface area (TPSA) is 52.7 Å². The molecule has 2 aromatic heterocycles. The molecule has 2 aromatic rings. The van der Waals surface area contributed by atoms with Crippen molar-refractivity contribution in [3.63, 3.8) is 0 Å². The summed E-state index contributed by atoms with van der Waals surface area (Å²) in [5, 5.41) is 4.15. The van der Waals surface area contributed by atoms with E-state index in [-0.39, 0.29) is 5.43 Å². The predicted octanol–water partition coefficient (Wildman–Crippen LogP) is 0.898. The van der Waals surface area contributed by atoms with Crippen molar-refractivity contribution in [1.82, 2.24) is 19.3 Å². The number of rotatable bonds is 4. The summed E-state index contributed by atoms with van der Waals surface area (Å²) in [5.74, 6) is 0.908. The Morgan fingerprint density at radius 2 is 2.06 bits per heavy atom. The molecule has 0 aliphatic rings. The maximum Gasteiger partial charge on any atom is 0.181 e. The Morgan fingerprint density at radius 1 is 1.31 bits per heavy atom. The average Bonchev–Trinajstić information content (AvgIpc) is 2.70. The highest BCUT2D eigenvalue weighted by molar-refractivity contribution is 4.96. The van der Waals surface area contributed by atoms with Crippen molar-refractivity contribution in [2.45, 2.75) is 26.4 Å². The van der Waals surface area contributed by atoms with Gasteiger partial charge in [-0.25, -0.2) is 9.67 Å². The van der Waals surface area contributed by atoms with E-state index in [1.54, 1.807) is 30.9 Å². The maximum absolute atomic E-state index is 10.9. The van der Waals surface area contributed by atoms with Crippen LogP contribution in [0.2, 0.25) is 0 Å². The van der Waals surface area contributed by atoms with Crippen LogP contribution in [0.5, 0.6) is 0 Å². The van der Waals surface area contributed by atoms with E-state index in [4.69, 9.17) is 0 Å². The maximum atomic E-state index is 10.9. The summed E-state index contributed by atoms with van der Waals surface area (Å²) in [7, 11) is 0. The lowest BCUT2D eigenvalue weighted by atomic mass is 10.4. The van der Waals surface area contributed by atoms with Gasteiger partial charge in [-0.05, 0) is 6.42 Å². The Bertz CT molecular complexity index is 494. The lowest BCUT2D eigenvalue weighted by molar-refractivity contribution is 0.553. The molecule has 0 bridgehead atoms. The smallest absolute Gasteiger partial charge is 0.181 e. The molecule has 0 unspecified atom stereocenters. The average molecular weight is 218 g/mol. The van der Waals surface area contributed by atoms with Crippen molar-refractivity contribution in [2.75, 3.05) is 0 Å². The third kappa shape index (κ3) is 2.36. The van der Waals surface area contributed by atoms with Gasteiger partial charge in [0.05, 0.1) is 6.54 Å². The first-order valence-corrected chi connectivity index (χ1v) is 5.32. The Kier molecular flexibility index (Phi) is 3.14. The third-order valence-electron chi connectivity index (χ3n) is 2.32. The number of hydrogen-bond donors (Lipinski definition) is 0. The summed E-state index contributed by atoms with van der Waals surface area (Å²) in [6, 6.07) is 3.08. The van der Waals surface area contributed by atoms with Crippen molar-refractivity contribution in [2.24, 2.45) is 0 Å². The summed E-state index contributed by atoms with van der Waals surface area (Å²) < 4.78 is 3.80. The molecule has 0 aliphatic carbocycles. The summed E-state index contributed by atoms with van der Waals surface area (Å²) in [6.45, 7) is 3.61. The van der Waals surface area contributed by atoms with Crippen LogP contribution in [0.3, 0.4) is 0 Å². The van der Waals surface area contributed by atoms with Gasteiger partial charge in [0.25, 0.3) is 0 Å². The summed E-state index contributed by atoms with van der Waals surface area (Å²) >= 11 is 0. The molecule has 0 aliphatic heterocycles. The third-order valence-corrected chi connectivity index (χ3v) is 2.32. The van der Waals surface area contributed by atoms with Crippen LogP contribution < -0.4 is 5.43 Å². The molecule has 0 fully saturated rings. The SMILES string of the molecule is CCCn1ncnc1Cn1ccc(=O)cc1. The quantitative estimate of drug-likeness (QED) is 0.766. The first kappa shape index (κ1) is 10.6. The van der Waals surface area contributed by atoms with Crippen molar-refractivity contribution in [3.05, 3.63) is 46.9 Å². The van der Waals surface area contributed by atoms with E-state index < -0.39 is 0 Å². The molecule has 84 valence electrons. The van der Waals surface area contributed by atoms with Crippen LogP contribution in [0.25, 0.3) is 0 Å². The van der Waals surface area contributed by atoms with Crippen LogP contribution in [-0.4, -0.2) is 19.3 Å². The highest BCUT2D eigenvalue weighted by Gasteiger charge is 2.02. The second kappa shape index (κ2) is 4.74. The normalized spacial score (nSPS) is 10.6. The van der Waals surface area contributed by atoms with Crippen molar-refractivity contribution >= 4 is 0 Å². The van der Waals surface area contributed by atoms with Crippen molar-refractivity contribution in [1.29, 1.82) is 0 Å². The van der Waals surface area contributed by atoms with Gasteiger partial charge in [-0.3, -0.25) is 4.79 Å². The van der Waals surface area contributed by atoms with Gasteiger partial charge < -0.3 is 4.57 Å². The van der Waals surface area contributed by atoms with Gasteiger partial charge in [-0.1, -0.05) is 6.92 Å². The highest BCUT2D eigenvalue weighted by Crippen LogP contribution is 1.99. The largest absolute Gasteiger partial charge is 0.346 e. The van der Waals surface area contributed by atoms with Crippen molar-refractivity contribution in [3.8, 4) is 0 Å². The highest BCUT2D eigenvalue weighted by atomic mass is 16.1. The van der Waals surface area contributed by atoms with Gasteiger partial charge in [0.2, 0.25) is 0 Å². The van der Waals surface area contributed by atoms with Crippen LogP contribution in [0, 0.1) is 0 Å². The molecule has 0 aromatic carbocycles. The Morgan fingerprint density at radius 3 is 2.75 bits per heavy atom. The monoisotopic (exact) mass is 218 g/mol. The minimum atomic E-state index is 0.0197. The summed E-state index contributed by atoms with van der Waals surface area (Å²) in [4.78, 5) is 15.2. The minimum Gasteiger partial charge on any atom is -0.346 e. The zero-order valence-corrected chi connectivity index (χ0v) is 9.21. The molecule has 0 saturated carbocycles. The molecular weight excluding hydrogens is 204 g/mol. The van der Waals surface area contributed by atoms with Gasteiger partial charge in [-0.15, -0.1) is 0 Å². The van der Waals surface area contributed by atoms with Gasteiger partial charge >= 0.3 is 0 Å². The molecular formula is C11H14N4O. The Labute approximate surface area is 93.4 Å². The second-order valence-corrected chi connectivity index (χ2v) is 3.61. The number of aryl methyl sites for hydroxylation is 1. The van der Waals surface area contributed by atoms with E-state index in [9.17, 15) is 4.79 Å².